The Bertz CT molecular complexity index is 965. The summed E-state index contributed by atoms with van der Waals surface area (Å²) in [6.07, 6.45) is 5.72. The molecule has 0 aliphatic heterocycles. The van der Waals surface area contributed by atoms with E-state index in [2.05, 4.69) is 4.99 Å². The zero-order chi connectivity index (χ0) is 22.2. The maximum Gasteiger partial charge on any atom is 0.344 e. The first-order chi connectivity index (χ1) is 15.1. The Morgan fingerprint density at radius 2 is 1.87 bits per heavy atom. The molecule has 7 nitrogen and oxygen atoms in total. The van der Waals surface area contributed by atoms with Crippen LogP contribution in [0.25, 0.3) is 0 Å². The minimum absolute atomic E-state index is 0.213. The van der Waals surface area contributed by atoms with E-state index in [-0.39, 0.29) is 12.6 Å². The quantitative estimate of drug-likeness (QED) is 0.417. The van der Waals surface area contributed by atoms with Crippen LogP contribution in [0.3, 0.4) is 0 Å². The molecule has 0 amide bonds. The van der Waals surface area contributed by atoms with E-state index in [4.69, 9.17) is 18.9 Å². The normalized spacial score (nSPS) is 13.0. The number of rotatable bonds is 9. The average molecular weight is 446 g/mol. The van der Waals surface area contributed by atoms with Crippen molar-refractivity contribution in [1.29, 1.82) is 0 Å². The van der Waals surface area contributed by atoms with Crippen molar-refractivity contribution < 1.29 is 28.5 Å². The number of aryl methyl sites for hydroxylation is 1. The van der Waals surface area contributed by atoms with Crippen LogP contribution < -0.4 is 9.47 Å². The fourth-order valence-electron chi connectivity index (χ4n) is 3.42. The minimum Gasteiger partial charge on any atom is -0.493 e. The van der Waals surface area contributed by atoms with Crippen molar-refractivity contribution in [3.05, 3.63) is 39.8 Å². The molecule has 0 atom stereocenters. The number of aliphatic imine (C=N–C) groups is 1. The highest BCUT2D eigenvalue weighted by atomic mass is 32.1. The first-order valence-corrected chi connectivity index (χ1v) is 11.2. The van der Waals surface area contributed by atoms with Crippen molar-refractivity contribution in [2.45, 2.75) is 39.5 Å². The molecule has 31 heavy (non-hydrogen) atoms. The van der Waals surface area contributed by atoms with Gasteiger partial charge in [-0.05, 0) is 68.9 Å². The Morgan fingerprint density at radius 3 is 2.61 bits per heavy atom. The van der Waals surface area contributed by atoms with E-state index in [0.29, 0.717) is 35.3 Å². The molecular formula is C23H27NO6S. The summed E-state index contributed by atoms with van der Waals surface area (Å²) in [5.74, 6) is 0.143. The molecule has 1 aromatic carbocycles. The van der Waals surface area contributed by atoms with Crippen LogP contribution in [0.4, 0.5) is 5.00 Å². The number of methoxy groups -OCH3 is 1. The lowest BCUT2D eigenvalue weighted by Gasteiger charge is -2.12. The van der Waals surface area contributed by atoms with Gasteiger partial charge >= 0.3 is 11.9 Å². The molecule has 1 aliphatic carbocycles. The summed E-state index contributed by atoms with van der Waals surface area (Å²) in [5.41, 5.74) is 2.42. The Balaban J connectivity index is 1.86. The van der Waals surface area contributed by atoms with E-state index in [9.17, 15) is 9.59 Å². The molecule has 0 unspecified atom stereocenters. The first kappa shape index (κ1) is 22.8. The zero-order valence-electron chi connectivity index (χ0n) is 18.1. The van der Waals surface area contributed by atoms with Gasteiger partial charge < -0.3 is 18.9 Å². The number of hydrogen-bond acceptors (Lipinski definition) is 8. The second-order valence-electron chi connectivity index (χ2n) is 6.87. The van der Waals surface area contributed by atoms with E-state index in [0.717, 1.165) is 36.8 Å². The topological polar surface area (TPSA) is 83.4 Å². The van der Waals surface area contributed by atoms with E-state index < -0.39 is 5.97 Å². The number of nitrogens with zero attached hydrogens (tertiary/aromatic N) is 1. The molecule has 0 N–H and O–H groups in total. The first-order valence-electron chi connectivity index (χ1n) is 10.4. The zero-order valence-corrected chi connectivity index (χ0v) is 18.9. The van der Waals surface area contributed by atoms with Gasteiger partial charge in [0.2, 0.25) is 0 Å². The van der Waals surface area contributed by atoms with Crippen molar-refractivity contribution in [1.82, 2.24) is 0 Å². The standard InChI is InChI=1S/C23H27NO6S/c1-4-28-20(25)14-30-18-12-15(10-11-17(18)27-3)13-24-22-21(23(26)29-5-2)16-8-6-7-9-19(16)31-22/h10-13H,4-9,14H2,1-3H3. The Morgan fingerprint density at radius 1 is 1.10 bits per heavy atom. The molecule has 3 rings (SSSR count). The third-order valence-electron chi connectivity index (χ3n) is 4.80. The van der Waals surface area contributed by atoms with Crippen LogP contribution in [0.5, 0.6) is 11.5 Å². The Hall–Kier alpha value is -2.87. The van der Waals surface area contributed by atoms with Gasteiger partial charge in [-0.1, -0.05) is 0 Å². The third kappa shape index (κ3) is 5.64. The van der Waals surface area contributed by atoms with Crippen LogP contribution >= 0.6 is 11.3 Å². The number of carbonyl (C=O) groups is 2. The summed E-state index contributed by atoms with van der Waals surface area (Å²) >= 11 is 1.55. The number of carbonyl (C=O) groups excluding carboxylic acids is 2. The molecule has 0 fully saturated rings. The highest BCUT2D eigenvalue weighted by molar-refractivity contribution is 7.16. The predicted octanol–water partition coefficient (Wildman–Crippen LogP) is 4.50. The number of ether oxygens (including phenoxy) is 4. The molecule has 1 heterocycles. The van der Waals surface area contributed by atoms with Gasteiger partial charge in [-0.15, -0.1) is 11.3 Å². The molecule has 0 spiro atoms. The van der Waals surface area contributed by atoms with Gasteiger partial charge in [0.05, 0.1) is 25.9 Å². The van der Waals surface area contributed by atoms with Crippen molar-refractivity contribution in [2.75, 3.05) is 26.9 Å². The van der Waals surface area contributed by atoms with Gasteiger partial charge in [-0.25, -0.2) is 14.6 Å². The maximum absolute atomic E-state index is 12.6. The van der Waals surface area contributed by atoms with Gasteiger partial charge in [0.15, 0.2) is 18.1 Å². The molecule has 0 radical (unpaired) electrons. The summed E-state index contributed by atoms with van der Waals surface area (Å²) < 4.78 is 21.0. The minimum atomic E-state index is -0.452. The lowest BCUT2D eigenvalue weighted by Crippen LogP contribution is -2.15. The molecule has 0 bridgehead atoms. The summed E-state index contributed by atoms with van der Waals surface area (Å²) in [6, 6.07) is 5.31. The highest BCUT2D eigenvalue weighted by Crippen LogP contribution is 2.40. The smallest absolute Gasteiger partial charge is 0.344 e. The van der Waals surface area contributed by atoms with Crippen LogP contribution in [0.15, 0.2) is 23.2 Å². The molecule has 1 aliphatic rings. The van der Waals surface area contributed by atoms with Crippen molar-refractivity contribution >= 4 is 34.5 Å². The SMILES string of the molecule is CCOC(=O)COc1cc(C=Nc2sc3c(c2C(=O)OCC)CCCC3)ccc1OC. The number of thiophene rings is 1. The Kier molecular flexibility index (Phi) is 8.06. The van der Waals surface area contributed by atoms with Crippen LogP contribution in [-0.4, -0.2) is 45.1 Å². The van der Waals surface area contributed by atoms with E-state index >= 15 is 0 Å². The van der Waals surface area contributed by atoms with Gasteiger partial charge in [-0.3, -0.25) is 0 Å². The van der Waals surface area contributed by atoms with E-state index in [1.54, 1.807) is 43.5 Å². The number of hydrogen-bond donors (Lipinski definition) is 0. The Labute approximate surface area is 186 Å². The molecule has 0 saturated heterocycles. The number of esters is 2. The maximum atomic E-state index is 12.6. The molecule has 2 aromatic rings. The molecule has 1 aromatic heterocycles. The molecule has 0 saturated carbocycles. The van der Waals surface area contributed by atoms with Gasteiger partial charge in [0.1, 0.15) is 5.00 Å². The van der Waals surface area contributed by atoms with Crippen molar-refractivity contribution in [3.8, 4) is 11.5 Å². The third-order valence-corrected chi connectivity index (χ3v) is 6.00. The summed E-state index contributed by atoms with van der Waals surface area (Å²) in [7, 11) is 1.53. The molecule has 8 heteroatoms. The highest BCUT2D eigenvalue weighted by Gasteiger charge is 2.26. The number of fused-ring (bicyclic) bond motifs is 1. The van der Waals surface area contributed by atoms with Gasteiger partial charge in [0.25, 0.3) is 0 Å². The lowest BCUT2D eigenvalue weighted by atomic mass is 9.95. The lowest BCUT2D eigenvalue weighted by molar-refractivity contribution is -0.145. The van der Waals surface area contributed by atoms with Gasteiger partial charge in [-0.2, -0.15) is 0 Å². The van der Waals surface area contributed by atoms with Crippen LogP contribution in [0.1, 0.15) is 53.1 Å². The van der Waals surface area contributed by atoms with Crippen molar-refractivity contribution in [2.24, 2.45) is 4.99 Å². The fraction of sp³-hybridized carbons (Fsp3) is 0.435. The van der Waals surface area contributed by atoms with Gasteiger partial charge in [0, 0.05) is 11.1 Å². The average Bonchev–Trinajstić information content (AvgIpc) is 3.15. The van der Waals surface area contributed by atoms with Crippen molar-refractivity contribution in [3.63, 3.8) is 0 Å². The molecular weight excluding hydrogens is 418 g/mol. The van der Waals surface area contributed by atoms with E-state index in [1.807, 2.05) is 6.07 Å². The second-order valence-corrected chi connectivity index (χ2v) is 7.96. The van der Waals surface area contributed by atoms with Crippen LogP contribution in [0.2, 0.25) is 0 Å². The summed E-state index contributed by atoms with van der Waals surface area (Å²) in [5, 5.41) is 0.662. The van der Waals surface area contributed by atoms with Crippen LogP contribution in [0, 0.1) is 0 Å². The monoisotopic (exact) mass is 445 g/mol. The largest absolute Gasteiger partial charge is 0.493 e. The van der Waals surface area contributed by atoms with E-state index in [1.165, 1.54) is 12.0 Å². The fourth-order valence-corrected chi connectivity index (χ4v) is 4.64. The predicted molar refractivity (Wildman–Crippen MR) is 119 cm³/mol. The summed E-state index contributed by atoms with van der Waals surface area (Å²) in [6.45, 7) is 3.94. The second kappa shape index (κ2) is 10.9. The van der Waals surface area contributed by atoms with Crippen LogP contribution in [-0.2, 0) is 27.1 Å². The molecule has 166 valence electrons. The number of benzene rings is 1. The summed E-state index contributed by atoms with van der Waals surface area (Å²) in [4.78, 5) is 30.0.